The van der Waals surface area contributed by atoms with Gasteiger partial charge in [0, 0.05) is 35.7 Å². The van der Waals surface area contributed by atoms with E-state index in [1.165, 1.54) is 12.1 Å². The van der Waals surface area contributed by atoms with Crippen LogP contribution in [0.5, 0.6) is 11.5 Å². The molecular formula is C21H24N2O5. The third kappa shape index (κ3) is 4.24. The third-order valence-corrected chi connectivity index (χ3v) is 5.16. The molecule has 1 N–H and O–H groups in total. The second-order valence-corrected chi connectivity index (χ2v) is 6.86. The molecule has 0 unspecified atom stereocenters. The van der Waals surface area contributed by atoms with Crippen LogP contribution in [0.4, 0.5) is 11.4 Å². The first-order chi connectivity index (χ1) is 13.5. The number of non-ortho nitro benzene ring substituents is 1. The zero-order valence-electron chi connectivity index (χ0n) is 16.0. The molecule has 0 saturated heterocycles. The Morgan fingerprint density at radius 2 is 1.96 bits per heavy atom. The fourth-order valence-electron chi connectivity index (χ4n) is 3.73. The Kier molecular flexibility index (Phi) is 6.13. The predicted molar refractivity (Wildman–Crippen MR) is 106 cm³/mol. The van der Waals surface area contributed by atoms with Crippen molar-refractivity contribution in [3.63, 3.8) is 0 Å². The summed E-state index contributed by atoms with van der Waals surface area (Å²) in [6.07, 6.45) is 3.17. The van der Waals surface area contributed by atoms with E-state index in [1.807, 2.05) is 12.1 Å². The minimum Gasteiger partial charge on any atom is -0.497 e. The molecule has 148 valence electrons. The second kappa shape index (κ2) is 8.73. The number of benzene rings is 2. The van der Waals surface area contributed by atoms with Crippen LogP contribution in [0.25, 0.3) is 0 Å². The highest BCUT2D eigenvalue weighted by atomic mass is 16.6. The van der Waals surface area contributed by atoms with Gasteiger partial charge >= 0.3 is 0 Å². The number of rotatable bonds is 7. The van der Waals surface area contributed by atoms with Crippen LogP contribution < -0.4 is 14.8 Å². The molecule has 0 bridgehead atoms. The molecule has 1 saturated carbocycles. The minimum absolute atomic E-state index is 0.00340. The van der Waals surface area contributed by atoms with Gasteiger partial charge < -0.3 is 14.8 Å². The third-order valence-electron chi connectivity index (χ3n) is 5.16. The first-order valence-corrected chi connectivity index (χ1v) is 9.29. The van der Waals surface area contributed by atoms with Crippen molar-refractivity contribution < 1.29 is 19.2 Å². The molecule has 0 amide bonds. The first-order valence-electron chi connectivity index (χ1n) is 9.29. The van der Waals surface area contributed by atoms with Crippen molar-refractivity contribution in [2.24, 2.45) is 5.92 Å². The summed E-state index contributed by atoms with van der Waals surface area (Å²) in [7, 11) is 3.17. The van der Waals surface area contributed by atoms with E-state index < -0.39 is 4.92 Å². The lowest BCUT2D eigenvalue weighted by Gasteiger charge is -2.32. The van der Waals surface area contributed by atoms with Gasteiger partial charge in [-0.25, -0.2) is 0 Å². The molecule has 0 aliphatic heterocycles. The molecule has 7 heteroatoms. The Bertz CT molecular complexity index is 868. The standard InChI is InChI=1S/C21H24N2O5/c1-27-16-10-11-20(28-2)18(13-16)21(17-8-3-4-9-19(17)24)22-14-6-5-7-15(12-14)23(25)26/h5-7,10-13,17,21-22H,3-4,8-9H2,1-2H3/t17-,21-/m1/s1. The lowest BCUT2D eigenvalue weighted by Crippen LogP contribution is -2.30. The van der Waals surface area contributed by atoms with Gasteiger partial charge in [-0.1, -0.05) is 12.5 Å². The van der Waals surface area contributed by atoms with Crippen LogP contribution in [-0.4, -0.2) is 24.9 Å². The summed E-state index contributed by atoms with van der Waals surface area (Å²) in [5.41, 5.74) is 1.38. The van der Waals surface area contributed by atoms with Gasteiger partial charge in [-0.3, -0.25) is 14.9 Å². The number of nitro groups is 1. The number of nitrogens with one attached hydrogen (secondary N) is 1. The van der Waals surface area contributed by atoms with Crippen LogP contribution in [0, 0.1) is 16.0 Å². The van der Waals surface area contributed by atoms with Crippen molar-refractivity contribution in [1.82, 2.24) is 0 Å². The number of carbonyl (C=O) groups excluding carboxylic acids is 1. The molecule has 1 fully saturated rings. The molecule has 2 aromatic carbocycles. The number of nitrogens with zero attached hydrogens (tertiary/aromatic N) is 1. The highest BCUT2D eigenvalue weighted by molar-refractivity contribution is 5.83. The number of hydrogen-bond acceptors (Lipinski definition) is 6. The molecule has 2 aromatic rings. The number of Topliss-reactive ketones (excluding diaryl/α,β-unsaturated/α-hetero) is 1. The van der Waals surface area contributed by atoms with E-state index in [2.05, 4.69) is 5.32 Å². The van der Waals surface area contributed by atoms with Crippen molar-refractivity contribution in [2.45, 2.75) is 31.7 Å². The molecular weight excluding hydrogens is 360 g/mol. The summed E-state index contributed by atoms with van der Waals surface area (Å²) in [6, 6.07) is 11.4. The van der Waals surface area contributed by atoms with Crippen molar-refractivity contribution >= 4 is 17.2 Å². The first kappa shape index (κ1) is 19.7. The zero-order chi connectivity index (χ0) is 20.1. The molecule has 0 aromatic heterocycles. The molecule has 1 aliphatic carbocycles. The number of methoxy groups -OCH3 is 2. The van der Waals surface area contributed by atoms with Crippen molar-refractivity contribution in [1.29, 1.82) is 0 Å². The van der Waals surface area contributed by atoms with E-state index in [0.717, 1.165) is 24.8 Å². The maximum absolute atomic E-state index is 12.7. The minimum atomic E-state index is -0.432. The highest BCUT2D eigenvalue weighted by Gasteiger charge is 2.33. The van der Waals surface area contributed by atoms with E-state index >= 15 is 0 Å². The number of hydrogen-bond donors (Lipinski definition) is 1. The second-order valence-electron chi connectivity index (χ2n) is 6.86. The highest BCUT2D eigenvalue weighted by Crippen LogP contribution is 2.40. The maximum Gasteiger partial charge on any atom is 0.271 e. The average molecular weight is 384 g/mol. The number of carbonyl (C=O) groups is 1. The van der Waals surface area contributed by atoms with Crippen LogP contribution in [0.2, 0.25) is 0 Å². The Morgan fingerprint density at radius 3 is 2.64 bits per heavy atom. The molecule has 0 heterocycles. The summed E-state index contributed by atoms with van der Waals surface area (Å²) in [5.74, 6) is 1.25. The lowest BCUT2D eigenvalue weighted by atomic mass is 9.79. The molecule has 28 heavy (non-hydrogen) atoms. The Hall–Kier alpha value is -3.09. The van der Waals surface area contributed by atoms with Gasteiger partial charge in [-0.05, 0) is 37.1 Å². The zero-order valence-corrected chi connectivity index (χ0v) is 16.0. The van der Waals surface area contributed by atoms with Gasteiger partial charge in [0.05, 0.1) is 25.2 Å². The van der Waals surface area contributed by atoms with E-state index in [-0.39, 0.29) is 23.4 Å². The van der Waals surface area contributed by atoms with Gasteiger partial charge in [0.1, 0.15) is 17.3 Å². The van der Waals surface area contributed by atoms with Gasteiger partial charge in [0.25, 0.3) is 5.69 Å². The summed E-state index contributed by atoms with van der Waals surface area (Å²) >= 11 is 0. The Labute approximate surface area is 163 Å². The Morgan fingerprint density at radius 1 is 1.14 bits per heavy atom. The summed E-state index contributed by atoms with van der Waals surface area (Å²) < 4.78 is 10.9. The van der Waals surface area contributed by atoms with E-state index in [1.54, 1.807) is 32.4 Å². The van der Waals surface area contributed by atoms with Gasteiger partial charge in [0.2, 0.25) is 0 Å². The molecule has 0 radical (unpaired) electrons. The predicted octanol–water partition coefficient (Wildman–Crippen LogP) is 4.52. The molecule has 1 aliphatic rings. The average Bonchev–Trinajstić information content (AvgIpc) is 2.72. The molecule has 3 rings (SSSR count). The molecule has 7 nitrogen and oxygen atoms in total. The van der Waals surface area contributed by atoms with Crippen LogP contribution in [0.15, 0.2) is 42.5 Å². The van der Waals surface area contributed by atoms with Crippen LogP contribution in [0.1, 0.15) is 37.3 Å². The number of ketones is 1. The van der Waals surface area contributed by atoms with E-state index in [9.17, 15) is 14.9 Å². The largest absolute Gasteiger partial charge is 0.497 e. The van der Waals surface area contributed by atoms with Crippen molar-refractivity contribution in [2.75, 3.05) is 19.5 Å². The summed E-state index contributed by atoms with van der Waals surface area (Å²) in [6.45, 7) is 0. The van der Waals surface area contributed by atoms with Crippen molar-refractivity contribution in [3.05, 3.63) is 58.1 Å². The van der Waals surface area contributed by atoms with Gasteiger partial charge in [-0.15, -0.1) is 0 Å². The SMILES string of the molecule is COc1ccc(OC)c([C@H](Nc2cccc([N+](=O)[O-])c2)[C@@H]2CCCCC2=O)c1. The van der Waals surface area contributed by atoms with E-state index in [4.69, 9.17) is 9.47 Å². The number of anilines is 1. The quantitative estimate of drug-likeness (QED) is 0.557. The number of ether oxygens (including phenoxy) is 2. The van der Waals surface area contributed by atoms with Gasteiger partial charge in [-0.2, -0.15) is 0 Å². The van der Waals surface area contributed by atoms with Crippen LogP contribution in [-0.2, 0) is 4.79 Å². The topological polar surface area (TPSA) is 90.7 Å². The maximum atomic E-state index is 12.7. The van der Waals surface area contributed by atoms with Crippen LogP contribution in [0.3, 0.4) is 0 Å². The van der Waals surface area contributed by atoms with Crippen LogP contribution >= 0.6 is 0 Å². The number of nitro benzene ring substituents is 1. The Balaban J connectivity index is 2.04. The molecule has 2 atom stereocenters. The molecule has 0 spiro atoms. The monoisotopic (exact) mass is 384 g/mol. The fraction of sp³-hybridized carbons (Fsp3) is 0.381. The normalized spacial score (nSPS) is 17.6. The lowest BCUT2D eigenvalue weighted by molar-refractivity contribution is -0.384. The van der Waals surface area contributed by atoms with E-state index in [0.29, 0.717) is 23.6 Å². The summed E-state index contributed by atoms with van der Waals surface area (Å²) in [5, 5.41) is 14.5. The van der Waals surface area contributed by atoms with Gasteiger partial charge in [0.15, 0.2) is 0 Å². The van der Waals surface area contributed by atoms with Crippen molar-refractivity contribution in [3.8, 4) is 11.5 Å². The fourth-order valence-corrected chi connectivity index (χ4v) is 3.73. The summed E-state index contributed by atoms with van der Waals surface area (Å²) in [4.78, 5) is 23.4. The smallest absolute Gasteiger partial charge is 0.271 e.